The lowest BCUT2D eigenvalue weighted by atomic mass is 9.93. The van der Waals surface area contributed by atoms with Crippen LogP contribution in [0.4, 0.5) is 0 Å². The van der Waals surface area contributed by atoms with E-state index in [1.807, 2.05) is 18.2 Å². The zero-order valence-corrected chi connectivity index (χ0v) is 12.0. The van der Waals surface area contributed by atoms with Gasteiger partial charge in [0.25, 0.3) is 0 Å². The molecule has 106 valence electrons. The Morgan fingerprint density at radius 2 is 1.90 bits per heavy atom. The molecule has 4 nitrogen and oxygen atoms in total. The molecule has 0 fully saturated rings. The largest absolute Gasteiger partial charge is 0.478 e. The van der Waals surface area contributed by atoms with Gasteiger partial charge < -0.3 is 9.84 Å². The van der Waals surface area contributed by atoms with Gasteiger partial charge in [0.05, 0.1) is 12.2 Å². The van der Waals surface area contributed by atoms with Crippen molar-refractivity contribution in [2.24, 2.45) is 5.41 Å². The fourth-order valence-corrected chi connectivity index (χ4v) is 1.91. The summed E-state index contributed by atoms with van der Waals surface area (Å²) in [6, 6.07) is 7.28. The third-order valence-electron chi connectivity index (χ3n) is 3.08. The molecule has 0 aliphatic heterocycles. The summed E-state index contributed by atoms with van der Waals surface area (Å²) in [5.74, 6) is -0.482. The van der Waals surface area contributed by atoms with Crippen LogP contribution in [0.3, 0.4) is 0 Å². The third-order valence-corrected chi connectivity index (χ3v) is 3.08. The Morgan fingerprint density at radius 1 is 1.25 bits per heavy atom. The highest BCUT2D eigenvalue weighted by molar-refractivity contribution is 6.04. The molecule has 0 aliphatic carbocycles. The first kappa shape index (κ1) is 14.3. The first-order valence-electron chi connectivity index (χ1n) is 6.62. The van der Waals surface area contributed by atoms with Crippen LogP contribution >= 0.6 is 0 Å². The minimum Gasteiger partial charge on any atom is -0.478 e. The van der Waals surface area contributed by atoms with Crippen molar-refractivity contribution < 1.29 is 14.6 Å². The first-order valence-corrected chi connectivity index (χ1v) is 6.62. The van der Waals surface area contributed by atoms with Crippen molar-refractivity contribution >= 4 is 16.7 Å². The van der Waals surface area contributed by atoms with Gasteiger partial charge in [-0.2, -0.15) is 0 Å². The van der Waals surface area contributed by atoms with Crippen LogP contribution in [0.2, 0.25) is 0 Å². The van der Waals surface area contributed by atoms with E-state index in [-0.39, 0.29) is 11.0 Å². The van der Waals surface area contributed by atoms with Gasteiger partial charge in [-0.25, -0.2) is 9.78 Å². The highest BCUT2D eigenvalue weighted by Gasteiger charge is 2.14. The van der Waals surface area contributed by atoms with E-state index in [9.17, 15) is 9.90 Å². The number of ether oxygens (including phenoxy) is 1. The van der Waals surface area contributed by atoms with Crippen LogP contribution in [0.15, 0.2) is 30.5 Å². The number of hydrogen-bond donors (Lipinski definition) is 1. The van der Waals surface area contributed by atoms with Gasteiger partial charge in [-0.15, -0.1) is 0 Å². The molecular weight excluding hydrogens is 254 g/mol. The van der Waals surface area contributed by atoms with E-state index in [0.717, 1.165) is 11.8 Å². The molecule has 4 heteroatoms. The van der Waals surface area contributed by atoms with E-state index in [2.05, 4.69) is 25.8 Å². The first-order chi connectivity index (χ1) is 9.38. The number of aromatic carboxylic acids is 1. The fraction of sp³-hybridized carbons (Fsp3) is 0.375. The number of benzene rings is 1. The summed E-state index contributed by atoms with van der Waals surface area (Å²) in [5, 5.41) is 10.6. The lowest BCUT2D eigenvalue weighted by molar-refractivity contribution is 0.0698. The number of carbonyl (C=O) groups is 1. The van der Waals surface area contributed by atoms with E-state index < -0.39 is 5.97 Å². The molecule has 1 aromatic carbocycles. The molecule has 0 amide bonds. The van der Waals surface area contributed by atoms with E-state index >= 15 is 0 Å². The van der Waals surface area contributed by atoms with Crippen molar-refractivity contribution in [2.75, 3.05) is 6.61 Å². The van der Waals surface area contributed by atoms with Crippen LogP contribution < -0.4 is 4.74 Å². The maximum absolute atomic E-state index is 11.2. The Labute approximate surface area is 118 Å². The van der Waals surface area contributed by atoms with Crippen LogP contribution in [-0.4, -0.2) is 22.7 Å². The van der Waals surface area contributed by atoms with E-state index in [1.54, 1.807) is 6.07 Å². The summed E-state index contributed by atoms with van der Waals surface area (Å²) in [5.41, 5.74) is 0.389. The molecule has 0 saturated carbocycles. The topological polar surface area (TPSA) is 59.4 Å². The molecule has 20 heavy (non-hydrogen) atoms. The maximum Gasteiger partial charge on any atom is 0.337 e. The molecule has 0 bridgehead atoms. The normalized spacial score (nSPS) is 11.6. The van der Waals surface area contributed by atoms with Crippen molar-refractivity contribution in [1.82, 2.24) is 4.98 Å². The lowest BCUT2D eigenvalue weighted by Gasteiger charge is -2.18. The Hall–Kier alpha value is -2.10. The molecule has 0 aliphatic rings. The van der Waals surface area contributed by atoms with Gasteiger partial charge in [-0.05, 0) is 17.9 Å². The Balaban J connectivity index is 2.31. The molecule has 2 rings (SSSR count). The second-order valence-corrected chi connectivity index (χ2v) is 5.99. The van der Waals surface area contributed by atoms with Crippen molar-refractivity contribution in [1.29, 1.82) is 0 Å². The predicted octanol–water partition coefficient (Wildman–Crippen LogP) is 3.75. The van der Waals surface area contributed by atoms with Crippen molar-refractivity contribution in [2.45, 2.75) is 27.2 Å². The molecule has 0 unspecified atom stereocenters. The molecular formula is C16H19NO3. The molecule has 1 heterocycles. The molecule has 2 aromatic rings. The quantitative estimate of drug-likeness (QED) is 0.921. The minimum atomic E-state index is -0.977. The average molecular weight is 273 g/mol. The maximum atomic E-state index is 11.2. The SMILES string of the molecule is CC(C)(C)CCOc1ncc(C(=O)O)c2ccccc12. The minimum absolute atomic E-state index is 0.191. The lowest BCUT2D eigenvalue weighted by Crippen LogP contribution is -2.12. The van der Waals surface area contributed by atoms with E-state index in [1.165, 1.54) is 6.20 Å². The van der Waals surface area contributed by atoms with E-state index in [0.29, 0.717) is 17.9 Å². The van der Waals surface area contributed by atoms with Gasteiger partial charge in [0.2, 0.25) is 5.88 Å². The van der Waals surface area contributed by atoms with Gasteiger partial charge in [0.15, 0.2) is 0 Å². The Morgan fingerprint density at radius 3 is 2.50 bits per heavy atom. The fourth-order valence-electron chi connectivity index (χ4n) is 1.91. The molecule has 1 N–H and O–H groups in total. The van der Waals surface area contributed by atoms with Gasteiger partial charge in [-0.1, -0.05) is 39.0 Å². The predicted molar refractivity (Wildman–Crippen MR) is 78.3 cm³/mol. The number of carboxylic acids is 1. The Bertz CT molecular complexity index is 629. The highest BCUT2D eigenvalue weighted by Crippen LogP contribution is 2.27. The van der Waals surface area contributed by atoms with Gasteiger partial charge in [0.1, 0.15) is 0 Å². The van der Waals surface area contributed by atoms with Crippen molar-refractivity contribution in [3.8, 4) is 5.88 Å². The summed E-state index contributed by atoms with van der Waals surface area (Å²) < 4.78 is 5.73. The van der Waals surface area contributed by atoms with Crippen molar-refractivity contribution in [3.63, 3.8) is 0 Å². The van der Waals surface area contributed by atoms with Gasteiger partial charge in [0, 0.05) is 17.0 Å². The number of hydrogen-bond acceptors (Lipinski definition) is 3. The van der Waals surface area contributed by atoms with Crippen molar-refractivity contribution in [3.05, 3.63) is 36.0 Å². The molecule has 0 spiro atoms. The van der Waals surface area contributed by atoms with Crippen LogP contribution in [0, 0.1) is 5.41 Å². The summed E-state index contributed by atoms with van der Waals surface area (Å²) in [7, 11) is 0. The molecule has 0 radical (unpaired) electrons. The molecule has 0 atom stereocenters. The van der Waals surface area contributed by atoms with Gasteiger partial charge in [-0.3, -0.25) is 0 Å². The molecule has 1 aromatic heterocycles. The van der Waals surface area contributed by atoms with Gasteiger partial charge >= 0.3 is 5.97 Å². The average Bonchev–Trinajstić information content (AvgIpc) is 2.37. The Kier molecular flexibility index (Phi) is 3.93. The van der Waals surface area contributed by atoms with Crippen LogP contribution in [-0.2, 0) is 0 Å². The third kappa shape index (κ3) is 3.26. The summed E-state index contributed by atoms with van der Waals surface area (Å²) >= 11 is 0. The smallest absolute Gasteiger partial charge is 0.337 e. The summed E-state index contributed by atoms with van der Waals surface area (Å²) in [4.78, 5) is 15.3. The van der Waals surface area contributed by atoms with Crippen LogP contribution in [0.1, 0.15) is 37.6 Å². The number of pyridine rings is 1. The van der Waals surface area contributed by atoms with Crippen LogP contribution in [0.25, 0.3) is 10.8 Å². The highest BCUT2D eigenvalue weighted by atomic mass is 16.5. The van der Waals surface area contributed by atoms with Crippen LogP contribution in [0.5, 0.6) is 5.88 Å². The summed E-state index contributed by atoms with van der Waals surface area (Å²) in [6.45, 7) is 7.01. The number of aromatic nitrogens is 1. The summed E-state index contributed by atoms with van der Waals surface area (Å²) in [6.07, 6.45) is 2.26. The zero-order valence-electron chi connectivity index (χ0n) is 12.0. The number of rotatable bonds is 4. The van der Waals surface area contributed by atoms with E-state index in [4.69, 9.17) is 4.74 Å². The number of nitrogens with zero attached hydrogens (tertiary/aromatic N) is 1. The second kappa shape index (κ2) is 5.49. The molecule has 0 saturated heterocycles. The second-order valence-electron chi connectivity index (χ2n) is 5.99. The number of fused-ring (bicyclic) bond motifs is 1. The zero-order chi connectivity index (χ0) is 14.8. The monoisotopic (exact) mass is 273 g/mol. The number of carboxylic acid groups (broad SMARTS) is 1. The standard InChI is InChI=1S/C16H19NO3/c1-16(2,3)8-9-20-14-12-7-5-4-6-11(12)13(10-17-14)15(18)19/h4-7,10H,8-9H2,1-3H3,(H,18,19).